The van der Waals surface area contributed by atoms with Crippen LogP contribution < -0.4 is 4.90 Å². The molecule has 2 atom stereocenters. The maximum atomic E-state index is 5.84. The minimum absolute atomic E-state index is 0.403. The van der Waals surface area contributed by atoms with E-state index in [9.17, 15) is 0 Å². The highest BCUT2D eigenvalue weighted by Gasteiger charge is 2.34. The molecule has 3 nitrogen and oxygen atoms in total. The molecule has 2 bridgehead atoms. The number of anilines is 1. The quantitative estimate of drug-likeness (QED) is 0.739. The van der Waals surface area contributed by atoms with E-state index in [0.717, 1.165) is 24.5 Å². The van der Waals surface area contributed by atoms with Crippen LogP contribution in [0.15, 0.2) is 18.3 Å². The molecule has 2 aliphatic rings. The lowest BCUT2D eigenvalue weighted by Gasteiger charge is -2.33. The lowest BCUT2D eigenvalue weighted by atomic mass is 10.2. The number of hydrogen-bond acceptors (Lipinski definition) is 3. The maximum absolute atomic E-state index is 5.84. The summed E-state index contributed by atoms with van der Waals surface area (Å²) < 4.78 is 5.81. The van der Waals surface area contributed by atoms with E-state index in [1.807, 2.05) is 12.3 Å². The summed E-state index contributed by atoms with van der Waals surface area (Å²) in [5, 5.41) is 0. The molecule has 2 saturated heterocycles. The molecule has 1 aromatic rings. The first-order valence-electron chi connectivity index (χ1n) is 5.76. The summed E-state index contributed by atoms with van der Waals surface area (Å²) in [6.07, 6.45) is 5.03. The van der Waals surface area contributed by atoms with Crippen molar-refractivity contribution < 1.29 is 4.74 Å². The van der Waals surface area contributed by atoms with Crippen molar-refractivity contribution in [2.75, 3.05) is 18.0 Å². The van der Waals surface area contributed by atoms with Crippen LogP contribution in [0.5, 0.6) is 0 Å². The van der Waals surface area contributed by atoms with Gasteiger partial charge in [0.15, 0.2) is 0 Å². The van der Waals surface area contributed by atoms with Crippen LogP contribution in [0.3, 0.4) is 0 Å². The van der Waals surface area contributed by atoms with Crippen LogP contribution in [-0.4, -0.2) is 30.3 Å². The Hall–Kier alpha value is -0.800. The van der Waals surface area contributed by atoms with Gasteiger partial charge in [-0.3, -0.25) is 0 Å². The number of aromatic nitrogens is 1. The number of nitrogens with zero attached hydrogens (tertiary/aromatic N) is 2. The van der Waals surface area contributed by atoms with Gasteiger partial charge in [-0.1, -0.05) is 0 Å². The van der Waals surface area contributed by atoms with Crippen LogP contribution in [0.1, 0.15) is 18.4 Å². The minimum Gasteiger partial charge on any atom is -0.371 e. The molecule has 0 spiro atoms. The molecule has 4 heteroatoms. The second-order valence-electron chi connectivity index (χ2n) is 4.52. The molecule has 0 aliphatic carbocycles. The minimum atomic E-state index is 0.403. The van der Waals surface area contributed by atoms with Gasteiger partial charge in [0, 0.05) is 25.2 Å². The molecule has 0 N–H and O–H groups in total. The lowest BCUT2D eigenvalue weighted by Crippen LogP contribution is -2.43. The zero-order valence-corrected chi connectivity index (χ0v) is 9.86. The van der Waals surface area contributed by atoms with Gasteiger partial charge in [-0.2, -0.15) is 0 Å². The molecule has 3 heterocycles. The summed E-state index contributed by atoms with van der Waals surface area (Å²) in [7, 11) is 0. The van der Waals surface area contributed by atoms with Crippen LogP contribution in [0.2, 0.25) is 0 Å². The molecule has 2 aliphatic heterocycles. The number of rotatable bonds is 2. The molecule has 0 radical (unpaired) electrons. The third kappa shape index (κ3) is 1.89. The Bertz CT molecular complexity index is 373. The van der Waals surface area contributed by atoms with Crippen LogP contribution in [0, 0.1) is 0 Å². The van der Waals surface area contributed by atoms with Gasteiger partial charge in [0.25, 0.3) is 0 Å². The zero-order valence-electron chi connectivity index (χ0n) is 9.10. The number of fused-ring (bicyclic) bond motifs is 2. The van der Waals surface area contributed by atoms with E-state index < -0.39 is 0 Å². The Morgan fingerprint density at radius 3 is 2.81 bits per heavy atom. The number of pyridine rings is 1. The first kappa shape index (κ1) is 10.4. The summed E-state index contributed by atoms with van der Waals surface area (Å²) in [5.41, 5.74) is 1.13. The van der Waals surface area contributed by atoms with Crippen LogP contribution in [0.25, 0.3) is 0 Å². The molecule has 16 heavy (non-hydrogen) atoms. The predicted octanol–water partition coefficient (Wildman–Crippen LogP) is 2.19. The maximum Gasteiger partial charge on any atom is 0.128 e. The molecule has 0 amide bonds. The number of ether oxygens (including phenoxy) is 1. The molecule has 2 fully saturated rings. The first-order chi connectivity index (χ1) is 7.85. The summed E-state index contributed by atoms with van der Waals surface area (Å²) >= 11 is 5.84. The highest BCUT2D eigenvalue weighted by Crippen LogP contribution is 2.29. The van der Waals surface area contributed by atoms with Gasteiger partial charge in [-0.05, 0) is 30.5 Å². The largest absolute Gasteiger partial charge is 0.371 e. The molecule has 3 rings (SSSR count). The predicted molar refractivity (Wildman–Crippen MR) is 63.9 cm³/mol. The van der Waals surface area contributed by atoms with Gasteiger partial charge in [-0.15, -0.1) is 11.6 Å². The Kier molecular flexibility index (Phi) is 2.74. The molecular weight excluding hydrogens is 224 g/mol. The van der Waals surface area contributed by atoms with Gasteiger partial charge in [0.1, 0.15) is 5.82 Å². The van der Waals surface area contributed by atoms with E-state index in [2.05, 4.69) is 16.0 Å². The molecule has 0 aromatic carbocycles. The highest BCUT2D eigenvalue weighted by atomic mass is 35.5. The van der Waals surface area contributed by atoms with Crippen molar-refractivity contribution in [1.82, 2.24) is 4.98 Å². The lowest BCUT2D eigenvalue weighted by molar-refractivity contribution is 0.0302. The van der Waals surface area contributed by atoms with E-state index in [4.69, 9.17) is 16.3 Å². The molecule has 1 aromatic heterocycles. The topological polar surface area (TPSA) is 25.4 Å². The normalized spacial score (nSPS) is 28.4. The summed E-state index contributed by atoms with van der Waals surface area (Å²) in [6.45, 7) is 1.93. The second kappa shape index (κ2) is 4.22. The summed E-state index contributed by atoms with van der Waals surface area (Å²) in [4.78, 5) is 6.74. The SMILES string of the molecule is ClCc1ccnc(N2CC3CCC(C2)O3)c1. The van der Waals surface area contributed by atoms with Gasteiger partial charge in [0.05, 0.1) is 12.2 Å². The number of alkyl halides is 1. The van der Waals surface area contributed by atoms with E-state index in [1.165, 1.54) is 12.8 Å². The zero-order chi connectivity index (χ0) is 11.0. The Labute approximate surface area is 100 Å². The van der Waals surface area contributed by atoms with E-state index >= 15 is 0 Å². The first-order valence-corrected chi connectivity index (χ1v) is 6.30. The fourth-order valence-electron chi connectivity index (χ4n) is 2.52. The van der Waals surface area contributed by atoms with Gasteiger partial charge < -0.3 is 9.64 Å². The Morgan fingerprint density at radius 2 is 2.12 bits per heavy atom. The molecule has 86 valence electrons. The average Bonchev–Trinajstić information content (AvgIpc) is 2.68. The number of halogens is 1. The monoisotopic (exact) mass is 238 g/mol. The standard InChI is InChI=1S/C12H15ClN2O/c13-6-9-3-4-14-12(5-9)15-7-10-1-2-11(8-15)16-10/h3-5,10-11H,1-2,6-8H2. The van der Waals surface area contributed by atoms with Crippen molar-refractivity contribution >= 4 is 17.4 Å². The fraction of sp³-hybridized carbons (Fsp3) is 0.583. The van der Waals surface area contributed by atoms with Crippen LogP contribution >= 0.6 is 11.6 Å². The van der Waals surface area contributed by atoms with E-state index in [-0.39, 0.29) is 0 Å². The average molecular weight is 239 g/mol. The van der Waals surface area contributed by atoms with Gasteiger partial charge in [-0.25, -0.2) is 4.98 Å². The Morgan fingerprint density at radius 1 is 1.38 bits per heavy atom. The van der Waals surface area contributed by atoms with Crippen LogP contribution in [-0.2, 0) is 10.6 Å². The molecular formula is C12H15ClN2O. The fourth-order valence-corrected chi connectivity index (χ4v) is 2.68. The van der Waals surface area contributed by atoms with Gasteiger partial charge >= 0.3 is 0 Å². The van der Waals surface area contributed by atoms with Crippen molar-refractivity contribution in [2.45, 2.75) is 30.9 Å². The highest BCUT2D eigenvalue weighted by molar-refractivity contribution is 6.17. The number of hydrogen-bond donors (Lipinski definition) is 0. The van der Waals surface area contributed by atoms with Crippen molar-refractivity contribution in [2.24, 2.45) is 0 Å². The Balaban J connectivity index is 1.81. The van der Waals surface area contributed by atoms with E-state index in [1.54, 1.807) is 0 Å². The third-order valence-electron chi connectivity index (χ3n) is 3.33. The number of morpholine rings is 1. The van der Waals surface area contributed by atoms with E-state index in [0.29, 0.717) is 18.1 Å². The van der Waals surface area contributed by atoms with Crippen molar-refractivity contribution in [3.05, 3.63) is 23.9 Å². The van der Waals surface area contributed by atoms with Crippen molar-refractivity contribution in [3.63, 3.8) is 0 Å². The molecule has 0 saturated carbocycles. The third-order valence-corrected chi connectivity index (χ3v) is 3.64. The van der Waals surface area contributed by atoms with Crippen LogP contribution in [0.4, 0.5) is 5.82 Å². The summed E-state index contributed by atoms with van der Waals surface area (Å²) in [6, 6.07) is 4.04. The van der Waals surface area contributed by atoms with Crippen molar-refractivity contribution in [1.29, 1.82) is 0 Å². The van der Waals surface area contributed by atoms with Crippen molar-refractivity contribution in [3.8, 4) is 0 Å². The second-order valence-corrected chi connectivity index (χ2v) is 4.79. The molecule has 2 unspecified atom stereocenters. The van der Waals surface area contributed by atoms with Gasteiger partial charge in [0.2, 0.25) is 0 Å². The summed E-state index contributed by atoms with van der Waals surface area (Å²) in [5.74, 6) is 1.59. The smallest absolute Gasteiger partial charge is 0.128 e.